The van der Waals surface area contributed by atoms with Crippen molar-refractivity contribution in [3.63, 3.8) is 0 Å². The molecule has 0 saturated heterocycles. The highest BCUT2D eigenvalue weighted by Crippen LogP contribution is 2.26. The maximum absolute atomic E-state index is 13.3. The average molecular weight is 550 g/mol. The fourth-order valence-corrected chi connectivity index (χ4v) is 4.73. The summed E-state index contributed by atoms with van der Waals surface area (Å²) in [6, 6.07) is 10.1. The van der Waals surface area contributed by atoms with Gasteiger partial charge in [-0.15, -0.1) is 11.8 Å². The second-order valence-electron chi connectivity index (χ2n) is 7.58. The lowest BCUT2D eigenvalue weighted by molar-refractivity contribution is -0.139. The van der Waals surface area contributed by atoms with Crippen LogP contribution in [0.15, 0.2) is 36.4 Å². The minimum absolute atomic E-state index is 0.122. The summed E-state index contributed by atoms with van der Waals surface area (Å²) in [7, 11) is 0. The summed E-state index contributed by atoms with van der Waals surface area (Å²) in [5.74, 6) is 0.556. The lowest BCUT2D eigenvalue weighted by Gasteiger charge is -2.30. The summed E-state index contributed by atoms with van der Waals surface area (Å²) in [6.45, 7) is 4.83. The fraction of sp³-hybridized carbons (Fsp3) is 0.417. The van der Waals surface area contributed by atoms with Crippen molar-refractivity contribution < 1.29 is 9.59 Å². The molecule has 0 saturated carbocycles. The first kappa shape index (κ1) is 28.1. The summed E-state index contributed by atoms with van der Waals surface area (Å²) in [5, 5.41) is 4.79. The van der Waals surface area contributed by atoms with Crippen LogP contribution < -0.4 is 5.32 Å². The molecule has 0 aromatic heterocycles. The predicted molar refractivity (Wildman–Crippen MR) is 142 cm³/mol. The van der Waals surface area contributed by atoms with E-state index < -0.39 is 6.04 Å². The van der Waals surface area contributed by atoms with Gasteiger partial charge >= 0.3 is 0 Å². The molecule has 9 heteroatoms. The number of amides is 2. The van der Waals surface area contributed by atoms with Crippen LogP contribution in [-0.2, 0) is 21.9 Å². The highest BCUT2D eigenvalue weighted by molar-refractivity contribution is 7.99. The molecule has 4 nitrogen and oxygen atoms in total. The van der Waals surface area contributed by atoms with Gasteiger partial charge in [0, 0.05) is 18.8 Å². The summed E-state index contributed by atoms with van der Waals surface area (Å²) in [4.78, 5) is 27.8. The van der Waals surface area contributed by atoms with E-state index in [4.69, 9.17) is 46.4 Å². The number of rotatable bonds is 12. The number of carbonyl (C=O) groups is 2. The van der Waals surface area contributed by atoms with E-state index >= 15 is 0 Å². The van der Waals surface area contributed by atoms with E-state index in [9.17, 15) is 9.59 Å². The van der Waals surface area contributed by atoms with E-state index in [1.165, 1.54) is 11.8 Å². The topological polar surface area (TPSA) is 49.4 Å². The SMILES string of the molecule is CCCCNC(=O)[C@H](CC)N(Cc1ccc(Cl)c(Cl)c1)C(=O)CSCc1ccc(Cl)c(Cl)c1. The first-order valence-electron chi connectivity index (χ1n) is 10.8. The number of benzene rings is 2. The number of hydrogen-bond donors (Lipinski definition) is 1. The number of unbranched alkanes of at least 4 members (excludes halogenated alkanes) is 1. The van der Waals surface area contributed by atoms with Gasteiger partial charge in [-0.25, -0.2) is 0 Å². The monoisotopic (exact) mass is 548 g/mol. The molecule has 0 heterocycles. The van der Waals surface area contributed by atoms with Gasteiger partial charge in [0.05, 0.1) is 25.8 Å². The van der Waals surface area contributed by atoms with Crippen molar-refractivity contribution in [1.29, 1.82) is 0 Å². The smallest absolute Gasteiger partial charge is 0.242 e. The molecule has 0 aliphatic heterocycles. The first-order chi connectivity index (χ1) is 15.8. The third-order valence-electron chi connectivity index (χ3n) is 5.03. The van der Waals surface area contributed by atoms with Crippen molar-refractivity contribution >= 4 is 70.0 Å². The van der Waals surface area contributed by atoms with Crippen LogP contribution in [-0.4, -0.2) is 35.1 Å². The Morgan fingerprint density at radius 1 is 0.939 bits per heavy atom. The van der Waals surface area contributed by atoms with Gasteiger partial charge in [-0.3, -0.25) is 9.59 Å². The number of thioether (sulfide) groups is 1. The molecule has 2 aromatic rings. The molecule has 2 amide bonds. The molecule has 0 spiro atoms. The maximum atomic E-state index is 13.3. The highest BCUT2D eigenvalue weighted by atomic mass is 35.5. The average Bonchev–Trinajstić information content (AvgIpc) is 2.78. The zero-order valence-corrected chi connectivity index (χ0v) is 22.5. The number of hydrogen-bond acceptors (Lipinski definition) is 3. The van der Waals surface area contributed by atoms with Crippen LogP contribution >= 0.6 is 58.2 Å². The van der Waals surface area contributed by atoms with Gasteiger partial charge in [0.2, 0.25) is 11.8 Å². The summed E-state index contributed by atoms with van der Waals surface area (Å²) in [6.07, 6.45) is 2.37. The quantitative estimate of drug-likeness (QED) is 0.283. The molecule has 0 unspecified atom stereocenters. The van der Waals surface area contributed by atoms with Gasteiger partial charge in [0.25, 0.3) is 0 Å². The Hall–Kier alpha value is -1.11. The Balaban J connectivity index is 2.14. The third kappa shape index (κ3) is 8.88. The second kappa shape index (κ2) is 14.3. The van der Waals surface area contributed by atoms with Crippen LogP contribution in [0.25, 0.3) is 0 Å². The molecular formula is C24H28Cl4N2O2S. The molecule has 33 heavy (non-hydrogen) atoms. The Labute approximate surface area is 220 Å². The van der Waals surface area contributed by atoms with Crippen molar-refractivity contribution in [2.24, 2.45) is 0 Å². The predicted octanol–water partition coefficient (Wildman–Crippen LogP) is 7.26. The number of nitrogens with one attached hydrogen (secondary N) is 1. The molecule has 0 aliphatic rings. The van der Waals surface area contributed by atoms with Crippen molar-refractivity contribution in [2.75, 3.05) is 12.3 Å². The molecule has 0 radical (unpaired) electrons. The molecule has 1 N–H and O–H groups in total. The maximum Gasteiger partial charge on any atom is 0.242 e. The van der Waals surface area contributed by atoms with E-state index in [0.717, 1.165) is 24.0 Å². The van der Waals surface area contributed by atoms with Crippen LogP contribution in [0.3, 0.4) is 0 Å². The van der Waals surface area contributed by atoms with Gasteiger partial charge in [-0.2, -0.15) is 0 Å². The third-order valence-corrected chi connectivity index (χ3v) is 7.50. The van der Waals surface area contributed by atoms with Crippen molar-refractivity contribution in [3.8, 4) is 0 Å². The highest BCUT2D eigenvalue weighted by Gasteiger charge is 2.28. The molecule has 0 fully saturated rings. The van der Waals surface area contributed by atoms with Gasteiger partial charge < -0.3 is 10.2 Å². The van der Waals surface area contributed by atoms with E-state index in [1.807, 2.05) is 19.1 Å². The van der Waals surface area contributed by atoms with E-state index in [1.54, 1.807) is 29.2 Å². The normalized spacial score (nSPS) is 11.8. The van der Waals surface area contributed by atoms with E-state index in [2.05, 4.69) is 12.2 Å². The molecule has 180 valence electrons. The first-order valence-corrected chi connectivity index (χ1v) is 13.5. The van der Waals surface area contributed by atoms with E-state index in [0.29, 0.717) is 38.8 Å². The van der Waals surface area contributed by atoms with Crippen LogP contribution in [0.1, 0.15) is 44.2 Å². The summed E-state index contributed by atoms with van der Waals surface area (Å²) < 4.78 is 0. The molecule has 2 aromatic carbocycles. The van der Waals surface area contributed by atoms with Crippen LogP contribution in [0.5, 0.6) is 0 Å². The van der Waals surface area contributed by atoms with Gasteiger partial charge in [0.1, 0.15) is 6.04 Å². The van der Waals surface area contributed by atoms with Crippen molar-refractivity contribution in [1.82, 2.24) is 10.2 Å². The van der Waals surface area contributed by atoms with Crippen LogP contribution in [0.2, 0.25) is 20.1 Å². The van der Waals surface area contributed by atoms with Gasteiger partial charge in [0.15, 0.2) is 0 Å². The Morgan fingerprint density at radius 2 is 1.55 bits per heavy atom. The van der Waals surface area contributed by atoms with Gasteiger partial charge in [-0.1, -0.05) is 78.8 Å². The van der Waals surface area contributed by atoms with Crippen molar-refractivity contribution in [3.05, 3.63) is 67.6 Å². The number of halogens is 4. The zero-order valence-electron chi connectivity index (χ0n) is 18.7. The zero-order chi connectivity index (χ0) is 24.4. The molecular weight excluding hydrogens is 522 g/mol. The van der Waals surface area contributed by atoms with E-state index in [-0.39, 0.29) is 24.1 Å². The minimum atomic E-state index is -0.575. The lowest BCUT2D eigenvalue weighted by Crippen LogP contribution is -2.49. The minimum Gasteiger partial charge on any atom is -0.354 e. The number of carbonyl (C=O) groups excluding carboxylic acids is 2. The Kier molecular flexibility index (Phi) is 12.2. The standard InChI is InChI=1S/C24H28Cl4N2O2S/c1-3-5-10-29-24(32)22(4-2)30(13-16-6-8-18(25)20(27)11-16)23(31)15-33-14-17-7-9-19(26)21(28)12-17/h6-9,11-12,22H,3-5,10,13-15H2,1-2H3,(H,29,32)/t22-/m0/s1. The van der Waals surface area contributed by atoms with Gasteiger partial charge in [-0.05, 0) is 48.2 Å². The second-order valence-corrected chi connectivity index (χ2v) is 10.2. The number of nitrogens with zero attached hydrogens (tertiary/aromatic N) is 1. The lowest BCUT2D eigenvalue weighted by atomic mass is 10.1. The Bertz CT molecular complexity index is 958. The largest absolute Gasteiger partial charge is 0.354 e. The van der Waals surface area contributed by atoms with Crippen LogP contribution in [0.4, 0.5) is 0 Å². The summed E-state index contributed by atoms with van der Waals surface area (Å²) in [5.41, 5.74) is 1.79. The van der Waals surface area contributed by atoms with Crippen LogP contribution in [0, 0.1) is 0 Å². The molecule has 2 rings (SSSR count). The summed E-state index contributed by atoms with van der Waals surface area (Å²) >= 11 is 25.7. The Morgan fingerprint density at radius 3 is 2.12 bits per heavy atom. The molecule has 0 bridgehead atoms. The fourth-order valence-electron chi connectivity index (χ4n) is 3.23. The molecule has 1 atom stereocenters. The van der Waals surface area contributed by atoms with Crippen molar-refractivity contribution in [2.45, 2.75) is 51.4 Å². The molecule has 0 aliphatic carbocycles.